The highest BCUT2D eigenvalue weighted by Crippen LogP contribution is 2.18. The first-order chi connectivity index (χ1) is 5.59. The Morgan fingerprint density at radius 3 is 2.92 bits per heavy atom. The van der Waals surface area contributed by atoms with Crippen molar-refractivity contribution in [3.05, 3.63) is 16.6 Å². The number of amides is 1. The van der Waals surface area contributed by atoms with Crippen LogP contribution < -0.4 is 11.5 Å². The zero-order valence-corrected chi connectivity index (χ0v) is 7.60. The number of aromatic nitrogens is 1. The molecule has 1 amide bonds. The quantitative estimate of drug-likeness (QED) is 0.711. The standard InChI is InChI=1S/C7H11N3OS/c1-4-2-6(12-10-4)5(8)3-7(9)11/h2,5H,3,8H2,1H3,(H2,9,11). The second-order valence-corrected chi connectivity index (χ2v) is 3.48. The van der Waals surface area contributed by atoms with E-state index in [4.69, 9.17) is 11.5 Å². The molecule has 5 heteroatoms. The number of aryl methyl sites for hydroxylation is 1. The molecule has 0 aliphatic rings. The Kier molecular flexibility index (Phi) is 2.78. The number of nitrogens with two attached hydrogens (primary N) is 2. The van der Waals surface area contributed by atoms with Crippen LogP contribution in [-0.4, -0.2) is 10.3 Å². The molecule has 0 aliphatic heterocycles. The summed E-state index contributed by atoms with van der Waals surface area (Å²) in [5.74, 6) is -0.381. The number of carbonyl (C=O) groups is 1. The van der Waals surface area contributed by atoms with Gasteiger partial charge < -0.3 is 11.5 Å². The molecule has 0 saturated carbocycles. The number of carbonyl (C=O) groups excluding carboxylic acids is 1. The van der Waals surface area contributed by atoms with Crippen LogP contribution in [0.5, 0.6) is 0 Å². The van der Waals surface area contributed by atoms with E-state index in [1.807, 2.05) is 13.0 Å². The van der Waals surface area contributed by atoms with Crippen LogP contribution in [0.4, 0.5) is 0 Å². The zero-order chi connectivity index (χ0) is 9.14. The van der Waals surface area contributed by atoms with Crippen molar-refractivity contribution >= 4 is 17.4 Å². The molecule has 1 rings (SSSR count). The normalized spacial score (nSPS) is 12.8. The van der Waals surface area contributed by atoms with Gasteiger partial charge in [0.05, 0.1) is 5.69 Å². The number of hydrogen-bond acceptors (Lipinski definition) is 4. The van der Waals surface area contributed by atoms with Gasteiger partial charge in [0.1, 0.15) is 0 Å². The minimum Gasteiger partial charge on any atom is -0.370 e. The van der Waals surface area contributed by atoms with Crippen LogP contribution in [0.3, 0.4) is 0 Å². The summed E-state index contributed by atoms with van der Waals surface area (Å²) in [5, 5.41) is 0. The third-order valence-electron chi connectivity index (χ3n) is 1.43. The topological polar surface area (TPSA) is 82.0 Å². The molecule has 0 spiro atoms. The maximum atomic E-state index is 10.5. The van der Waals surface area contributed by atoms with Gasteiger partial charge in [0, 0.05) is 17.3 Å². The molecule has 0 aliphatic carbocycles. The highest BCUT2D eigenvalue weighted by atomic mass is 32.1. The van der Waals surface area contributed by atoms with Crippen molar-refractivity contribution in [3.8, 4) is 0 Å². The lowest BCUT2D eigenvalue weighted by Gasteiger charge is -2.03. The van der Waals surface area contributed by atoms with Crippen molar-refractivity contribution in [3.63, 3.8) is 0 Å². The fraction of sp³-hybridized carbons (Fsp3) is 0.429. The Morgan fingerprint density at radius 2 is 2.50 bits per heavy atom. The van der Waals surface area contributed by atoms with Gasteiger partial charge in [-0.1, -0.05) is 0 Å². The van der Waals surface area contributed by atoms with Crippen LogP contribution in [0.2, 0.25) is 0 Å². The summed E-state index contributed by atoms with van der Waals surface area (Å²) in [7, 11) is 0. The first kappa shape index (κ1) is 9.15. The van der Waals surface area contributed by atoms with E-state index in [-0.39, 0.29) is 18.4 Å². The lowest BCUT2D eigenvalue weighted by atomic mass is 10.2. The predicted molar refractivity (Wildman–Crippen MR) is 47.6 cm³/mol. The molecule has 12 heavy (non-hydrogen) atoms. The fourth-order valence-corrected chi connectivity index (χ4v) is 1.62. The van der Waals surface area contributed by atoms with Gasteiger partial charge in [0.15, 0.2) is 0 Å². The van der Waals surface area contributed by atoms with Gasteiger partial charge in [-0.3, -0.25) is 4.79 Å². The van der Waals surface area contributed by atoms with Gasteiger partial charge in [-0.25, -0.2) is 0 Å². The molecule has 0 fully saturated rings. The molecule has 1 aromatic rings. The van der Waals surface area contributed by atoms with Crippen molar-refractivity contribution in [2.75, 3.05) is 0 Å². The number of primary amides is 1. The van der Waals surface area contributed by atoms with Crippen molar-refractivity contribution in [2.45, 2.75) is 19.4 Å². The lowest BCUT2D eigenvalue weighted by Crippen LogP contribution is -2.19. The molecular weight excluding hydrogens is 174 g/mol. The minimum absolute atomic E-state index is 0.182. The SMILES string of the molecule is Cc1cc(C(N)CC(N)=O)sn1. The molecule has 1 unspecified atom stereocenters. The summed E-state index contributed by atoms with van der Waals surface area (Å²) in [6.07, 6.45) is 0.182. The maximum Gasteiger partial charge on any atom is 0.219 e. The third-order valence-corrected chi connectivity index (χ3v) is 2.44. The third kappa shape index (κ3) is 2.28. The van der Waals surface area contributed by atoms with Gasteiger partial charge in [0.25, 0.3) is 0 Å². The molecule has 0 bridgehead atoms. The van der Waals surface area contributed by atoms with Crippen molar-refractivity contribution in [1.82, 2.24) is 4.37 Å². The van der Waals surface area contributed by atoms with Crippen molar-refractivity contribution in [2.24, 2.45) is 11.5 Å². The molecule has 0 radical (unpaired) electrons. The highest BCUT2D eigenvalue weighted by Gasteiger charge is 2.11. The largest absolute Gasteiger partial charge is 0.370 e. The number of rotatable bonds is 3. The van der Waals surface area contributed by atoms with E-state index < -0.39 is 0 Å². The van der Waals surface area contributed by atoms with Crippen LogP contribution in [0.1, 0.15) is 23.0 Å². The van der Waals surface area contributed by atoms with Crippen LogP contribution in [-0.2, 0) is 4.79 Å². The summed E-state index contributed by atoms with van der Waals surface area (Å²) in [6, 6.07) is 1.58. The van der Waals surface area contributed by atoms with E-state index >= 15 is 0 Å². The summed E-state index contributed by atoms with van der Waals surface area (Å²) in [6.45, 7) is 1.89. The van der Waals surface area contributed by atoms with Gasteiger partial charge in [-0.05, 0) is 24.5 Å². The Bertz CT molecular complexity index is 284. The molecule has 4 nitrogen and oxygen atoms in total. The smallest absolute Gasteiger partial charge is 0.219 e. The Hall–Kier alpha value is -0.940. The van der Waals surface area contributed by atoms with Crippen molar-refractivity contribution < 1.29 is 4.79 Å². The minimum atomic E-state index is -0.381. The zero-order valence-electron chi connectivity index (χ0n) is 6.78. The number of hydrogen-bond donors (Lipinski definition) is 2. The Labute approximate surface area is 74.7 Å². The monoisotopic (exact) mass is 185 g/mol. The van der Waals surface area contributed by atoms with Gasteiger partial charge in [-0.15, -0.1) is 0 Å². The van der Waals surface area contributed by atoms with E-state index in [0.29, 0.717) is 0 Å². The van der Waals surface area contributed by atoms with Gasteiger partial charge in [0.2, 0.25) is 5.91 Å². The second kappa shape index (κ2) is 3.64. The van der Waals surface area contributed by atoms with Crippen LogP contribution in [0.25, 0.3) is 0 Å². The number of nitrogens with zero attached hydrogens (tertiary/aromatic N) is 1. The summed E-state index contributed by atoms with van der Waals surface area (Å²) < 4.78 is 4.05. The molecule has 1 heterocycles. The van der Waals surface area contributed by atoms with Crippen LogP contribution >= 0.6 is 11.5 Å². The van der Waals surface area contributed by atoms with Crippen LogP contribution in [0.15, 0.2) is 6.07 Å². The van der Waals surface area contributed by atoms with E-state index in [0.717, 1.165) is 10.6 Å². The van der Waals surface area contributed by atoms with E-state index in [1.54, 1.807) is 0 Å². The first-order valence-electron chi connectivity index (χ1n) is 3.56. The summed E-state index contributed by atoms with van der Waals surface area (Å²) in [5.41, 5.74) is 11.6. The van der Waals surface area contributed by atoms with Crippen molar-refractivity contribution in [1.29, 1.82) is 0 Å². The first-order valence-corrected chi connectivity index (χ1v) is 4.34. The predicted octanol–water partition coefficient (Wildman–Crippen LogP) is 0.327. The summed E-state index contributed by atoms with van der Waals surface area (Å²) in [4.78, 5) is 11.4. The molecule has 4 N–H and O–H groups in total. The van der Waals surface area contributed by atoms with Gasteiger partial charge >= 0.3 is 0 Å². The van der Waals surface area contributed by atoms with E-state index in [2.05, 4.69) is 4.37 Å². The molecule has 1 aromatic heterocycles. The molecule has 0 saturated heterocycles. The average Bonchev–Trinajstić information content (AvgIpc) is 2.34. The molecule has 1 atom stereocenters. The van der Waals surface area contributed by atoms with Gasteiger partial charge in [-0.2, -0.15) is 4.37 Å². The molecule has 0 aromatic carbocycles. The summed E-state index contributed by atoms with van der Waals surface area (Å²) >= 11 is 1.32. The fourth-order valence-electron chi connectivity index (χ4n) is 0.875. The highest BCUT2D eigenvalue weighted by molar-refractivity contribution is 7.05. The average molecular weight is 185 g/mol. The Balaban J connectivity index is 2.64. The molecular formula is C7H11N3OS. The maximum absolute atomic E-state index is 10.5. The Morgan fingerprint density at radius 1 is 1.83 bits per heavy atom. The van der Waals surface area contributed by atoms with E-state index in [1.165, 1.54) is 11.5 Å². The second-order valence-electron chi connectivity index (χ2n) is 2.65. The molecule has 66 valence electrons. The van der Waals surface area contributed by atoms with Crippen LogP contribution in [0, 0.1) is 6.92 Å². The van der Waals surface area contributed by atoms with E-state index in [9.17, 15) is 4.79 Å². The lowest BCUT2D eigenvalue weighted by molar-refractivity contribution is -0.118.